The summed E-state index contributed by atoms with van der Waals surface area (Å²) in [6.07, 6.45) is 9.08. The Morgan fingerprint density at radius 2 is 1.52 bits per heavy atom. The van der Waals surface area contributed by atoms with Crippen molar-refractivity contribution >= 4 is 23.4 Å². The second-order valence-electron chi connectivity index (χ2n) is 8.36. The first-order chi connectivity index (χ1) is 13.1. The number of hydrogen-bond donors (Lipinski definition) is 0. The molecular formula is C22H29ClN2O2. The first kappa shape index (κ1) is 18.8. The maximum absolute atomic E-state index is 13.2. The van der Waals surface area contributed by atoms with Gasteiger partial charge in [-0.25, -0.2) is 0 Å². The largest absolute Gasteiger partial charge is 0.339 e. The second kappa shape index (κ2) is 8.22. The number of likely N-dealkylation sites (tertiary alicyclic amines) is 2. The predicted molar refractivity (Wildman–Crippen MR) is 107 cm³/mol. The molecule has 1 aromatic rings. The average molecular weight is 389 g/mol. The molecule has 0 bridgehead atoms. The van der Waals surface area contributed by atoms with Crippen molar-refractivity contribution in [1.29, 1.82) is 0 Å². The van der Waals surface area contributed by atoms with Gasteiger partial charge < -0.3 is 9.80 Å². The van der Waals surface area contributed by atoms with Gasteiger partial charge in [0.05, 0.1) is 0 Å². The first-order valence-corrected chi connectivity index (χ1v) is 10.9. The number of hydrogen-bond acceptors (Lipinski definition) is 2. The van der Waals surface area contributed by atoms with Crippen LogP contribution in [-0.4, -0.2) is 47.3 Å². The summed E-state index contributed by atoms with van der Waals surface area (Å²) in [6, 6.07) is 7.54. The second-order valence-corrected chi connectivity index (χ2v) is 8.80. The highest BCUT2D eigenvalue weighted by Crippen LogP contribution is 2.36. The summed E-state index contributed by atoms with van der Waals surface area (Å²) in [7, 11) is 0. The molecule has 1 aliphatic carbocycles. The molecule has 0 unspecified atom stereocenters. The zero-order valence-corrected chi connectivity index (χ0v) is 16.7. The molecule has 146 valence electrons. The highest BCUT2D eigenvalue weighted by Gasteiger charge is 2.39. The molecule has 2 amide bonds. The number of rotatable bonds is 2. The van der Waals surface area contributed by atoms with E-state index in [1.807, 2.05) is 4.90 Å². The summed E-state index contributed by atoms with van der Waals surface area (Å²) in [5, 5.41) is 0.637. The standard InChI is InChI=1S/C22H29ClN2O2/c23-19-9-7-17(8-10-19)21(26)24-14-11-18(12-15-24)22(27)25-13-3-5-16-4-1-2-6-20(16)25/h7-10,16,18,20H,1-6,11-15H2/t16-,20+/m0/s1. The Bertz CT molecular complexity index is 680. The van der Waals surface area contributed by atoms with Crippen LogP contribution in [-0.2, 0) is 4.79 Å². The Balaban J connectivity index is 1.35. The van der Waals surface area contributed by atoms with Gasteiger partial charge in [0.2, 0.25) is 5.91 Å². The van der Waals surface area contributed by atoms with Crippen molar-refractivity contribution in [1.82, 2.24) is 9.80 Å². The Labute approximate surface area is 166 Å². The van der Waals surface area contributed by atoms with Gasteiger partial charge in [-0.05, 0) is 68.7 Å². The molecule has 3 aliphatic rings. The van der Waals surface area contributed by atoms with Crippen molar-refractivity contribution in [2.75, 3.05) is 19.6 Å². The third-order valence-electron chi connectivity index (χ3n) is 6.75. The van der Waals surface area contributed by atoms with Crippen LogP contribution in [0.4, 0.5) is 0 Å². The van der Waals surface area contributed by atoms with E-state index in [1.54, 1.807) is 24.3 Å². The Morgan fingerprint density at radius 1 is 0.852 bits per heavy atom. The average Bonchev–Trinajstić information content (AvgIpc) is 2.73. The van der Waals surface area contributed by atoms with E-state index in [-0.39, 0.29) is 11.8 Å². The summed E-state index contributed by atoms with van der Waals surface area (Å²) < 4.78 is 0. The molecule has 5 heteroatoms. The highest BCUT2D eigenvalue weighted by molar-refractivity contribution is 6.30. The molecule has 1 saturated carbocycles. The molecule has 4 rings (SSSR count). The van der Waals surface area contributed by atoms with Gasteiger partial charge in [-0.3, -0.25) is 9.59 Å². The number of amides is 2. The maximum atomic E-state index is 13.2. The molecule has 2 saturated heterocycles. The van der Waals surface area contributed by atoms with Gasteiger partial charge in [0, 0.05) is 42.2 Å². The van der Waals surface area contributed by atoms with Crippen LogP contribution in [0.5, 0.6) is 0 Å². The number of halogens is 1. The zero-order chi connectivity index (χ0) is 18.8. The number of carbonyl (C=O) groups is 2. The van der Waals surface area contributed by atoms with Crippen molar-refractivity contribution in [3.8, 4) is 0 Å². The van der Waals surface area contributed by atoms with E-state index in [1.165, 1.54) is 32.1 Å². The van der Waals surface area contributed by atoms with Crippen molar-refractivity contribution in [2.45, 2.75) is 57.4 Å². The van der Waals surface area contributed by atoms with Crippen molar-refractivity contribution in [2.24, 2.45) is 11.8 Å². The van der Waals surface area contributed by atoms with Gasteiger partial charge in [0.25, 0.3) is 5.91 Å². The molecular weight excluding hydrogens is 360 g/mol. The smallest absolute Gasteiger partial charge is 0.253 e. The lowest BCUT2D eigenvalue weighted by atomic mass is 9.77. The van der Waals surface area contributed by atoms with Gasteiger partial charge in [-0.1, -0.05) is 24.4 Å². The number of carbonyl (C=O) groups excluding carboxylic acids is 2. The molecule has 0 radical (unpaired) electrons. The summed E-state index contributed by atoms with van der Waals surface area (Å²) in [5.41, 5.74) is 0.672. The monoisotopic (exact) mass is 388 g/mol. The minimum absolute atomic E-state index is 0.0443. The van der Waals surface area contributed by atoms with Gasteiger partial charge >= 0.3 is 0 Å². The highest BCUT2D eigenvalue weighted by atomic mass is 35.5. The topological polar surface area (TPSA) is 40.6 Å². The van der Waals surface area contributed by atoms with Gasteiger partial charge in [-0.2, -0.15) is 0 Å². The first-order valence-electron chi connectivity index (χ1n) is 10.5. The van der Waals surface area contributed by atoms with Crippen molar-refractivity contribution in [3.05, 3.63) is 34.9 Å². The van der Waals surface area contributed by atoms with E-state index in [0.29, 0.717) is 35.6 Å². The number of piperidine rings is 2. The van der Waals surface area contributed by atoms with Crippen LogP contribution >= 0.6 is 11.6 Å². The van der Waals surface area contributed by atoms with Crippen LogP contribution in [0.15, 0.2) is 24.3 Å². The lowest BCUT2D eigenvalue weighted by Gasteiger charge is -2.46. The van der Waals surface area contributed by atoms with Crippen molar-refractivity contribution < 1.29 is 9.59 Å². The van der Waals surface area contributed by atoms with E-state index < -0.39 is 0 Å². The van der Waals surface area contributed by atoms with Crippen LogP contribution in [0.2, 0.25) is 5.02 Å². The minimum Gasteiger partial charge on any atom is -0.339 e. The number of nitrogens with zero attached hydrogens (tertiary/aromatic N) is 2. The Morgan fingerprint density at radius 3 is 2.26 bits per heavy atom. The fraction of sp³-hybridized carbons (Fsp3) is 0.636. The predicted octanol–water partition coefficient (Wildman–Crippen LogP) is 4.37. The third kappa shape index (κ3) is 4.01. The zero-order valence-electron chi connectivity index (χ0n) is 15.9. The van der Waals surface area contributed by atoms with E-state index >= 15 is 0 Å². The molecule has 2 aliphatic heterocycles. The van der Waals surface area contributed by atoms with Crippen LogP contribution in [0.1, 0.15) is 61.7 Å². The summed E-state index contributed by atoms with van der Waals surface area (Å²) >= 11 is 5.91. The lowest BCUT2D eigenvalue weighted by Crippen LogP contribution is -2.53. The Kier molecular flexibility index (Phi) is 5.72. The number of benzene rings is 1. The molecule has 0 spiro atoms. The molecule has 4 nitrogen and oxygen atoms in total. The summed E-state index contributed by atoms with van der Waals surface area (Å²) in [4.78, 5) is 30.0. The number of fused-ring (bicyclic) bond motifs is 1. The Hall–Kier alpha value is -1.55. The quantitative estimate of drug-likeness (QED) is 0.754. The third-order valence-corrected chi connectivity index (χ3v) is 7.00. The fourth-order valence-corrected chi connectivity index (χ4v) is 5.36. The van der Waals surface area contributed by atoms with Gasteiger partial charge in [0.15, 0.2) is 0 Å². The normalized spacial score (nSPS) is 26.6. The summed E-state index contributed by atoms with van der Waals surface area (Å²) in [6.45, 7) is 2.27. The van der Waals surface area contributed by atoms with E-state index in [0.717, 1.165) is 31.7 Å². The van der Waals surface area contributed by atoms with Crippen LogP contribution in [0, 0.1) is 11.8 Å². The van der Waals surface area contributed by atoms with E-state index in [9.17, 15) is 9.59 Å². The van der Waals surface area contributed by atoms with Gasteiger partial charge in [0.1, 0.15) is 0 Å². The lowest BCUT2D eigenvalue weighted by molar-refractivity contribution is -0.143. The molecule has 1 aromatic carbocycles. The van der Waals surface area contributed by atoms with Gasteiger partial charge in [-0.15, -0.1) is 0 Å². The SMILES string of the molecule is O=C(c1ccc(Cl)cc1)N1CCC(C(=O)N2CCC[C@@H]3CCCC[C@H]32)CC1. The van der Waals surface area contributed by atoms with Crippen LogP contribution in [0.3, 0.4) is 0 Å². The fourth-order valence-electron chi connectivity index (χ4n) is 5.24. The van der Waals surface area contributed by atoms with E-state index in [4.69, 9.17) is 11.6 Å². The van der Waals surface area contributed by atoms with Crippen molar-refractivity contribution in [3.63, 3.8) is 0 Å². The van der Waals surface area contributed by atoms with Crippen LogP contribution < -0.4 is 0 Å². The van der Waals surface area contributed by atoms with E-state index in [2.05, 4.69) is 4.90 Å². The molecule has 0 aromatic heterocycles. The maximum Gasteiger partial charge on any atom is 0.253 e. The molecule has 2 atom stereocenters. The molecule has 2 heterocycles. The minimum atomic E-state index is 0.0443. The molecule has 27 heavy (non-hydrogen) atoms. The molecule has 0 N–H and O–H groups in total. The summed E-state index contributed by atoms with van der Waals surface area (Å²) in [5.74, 6) is 1.20. The molecule has 3 fully saturated rings. The van der Waals surface area contributed by atoms with Crippen LogP contribution in [0.25, 0.3) is 0 Å².